The summed E-state index contributed by atoms with van der Waals surface area (Å²) < 4.78 is 5.95. The molecule has 1 heterocycles. The van der Waals surface area contributed by atoms with Gasteiger partial charge in [0.25, 0.3) is 0 Å². The Morgan fingerprint density at radius 1 is 1.00 bits per heavy atom. The second-order valence-electron chi connectivity index (χ2n) is 7.62. The number of carboxylic acid groups (broad SMARTS) is 1. The smallest absolute Gasteiger partial charge is 0.323 e. The summed E-state index contributed by atoms with van der Waals surface area (Å²) in [5.74, 6) is 0.469. The number of aromatic nitrogens is 1. The summed E-state index contributed by atoms with van der Waals surface area (Å²) in [6.07, 6.45) is 4.51. The van der Waals surface area contributed by atoms with Gasteiger partial charge in [-0.2, -0.15) is 0 Å². The number of carbonyl (C=O) groups excluding carboxylic acids is 1. The van der Waals surface area contributed by atoms with E-state index in [0.717, 1.165) is 18.4 Å². The largest absolute Gasteiger partial charge is 0.481 e. The highest BCUT2D eigenvalue weighted by Gasteiger charge is 2.29. The summed E-state index contributed by atoms with van der Waals surface area (Å²) in [6, 6.07) is 13.8. The first-order valence-electron chi connectivity index (χ1n) is 10.1. The molecule has 1 saturated carbocycles. The Morgan fingerprint density at radius 3 is 2.39 bits per heavy atom. The minimum Gasteiger partial charge on any atom is -0.481 e. The van der Waals surface area contributed by atoms with E-state index in [1.165, 1.54) is 0 Å². The number of urea groups is 1. The van der Waals surface area contributed by atoms with Gasteiger partial charge in [-0.3, -0.25) is 4.79 Å². The molecule has 8 heteroatoms. The lowest BCUT2D eigenvalue weighted by Crippen LogP contribution is -2.20. The lowest BCUT2D eigenvalue weighted by molar-refractivity contribution is -0.142. The van der Waals surface area contributed by atoms with Crippen molar-refractivity contribution in [2.45, 2.75) is 31.6 Å². The summed E-state index contributed by atoms with van der Waals surface area (Å²) in [4.78, 5) is 27.7. The van der Waals surface area contributed by atoms with Crippen molar-refractivity contribution in [1.29, 1.82) is 0 Å². The predicted molar refractivity (Wildman–Crippen MR) is 118 cm³/mol. The molecule has 1 aromatic heterocycles. The summed E-state index contributed by atoms with van der Waals surface area (Å²) >= 11 is 5.92. The number of anilines is 2. The summed E-state index contributed by atoms with van der Waals surface area (Å²) in [5.41, 5.74) is 2.09. The number of carboxylic acids is 1. The monoisotopic (exact) mass is 439 g/mol. The van der Waals surface area contributed by atoms with E-state index >= 15 is 0 Å². The molecule has 7 nitrogen and oxygen atoms in total. The van der Waals surface area contributed by atoms with E-state index < -0.39 is 5.97 Å². The fourth-order valence-corrected chi connectivity index (χ4v) is 3.96. The van der Waals surface area contributed by atoms with E-state index in [-0.39, 0.29) is 17.9 Å². The minimum absolute atomic E-state index is 0.153. The Kier molecular flexibility index (Phi) is 6.23. The van der Waals surface area contributed by atoms with Crippen molar-refractivity contribution < 1.29 is 19.1 Å². The first-order chi connectivity index (χ1) is 15.0. The van der Waals surface area contributed by atoms with Crippen LogP contribution in [0.15, 0.2) is 59.1 Å². The van der Waals surface area contributed by atoms with Crippen LogP contribution in [0.3, 0.4) is 0 Å². The Morgan fingerprint density at radius 2 is 1.71 bits per heavy atom. The Balaban J connectivity index is 1.35. The van der Waals surface area contributed by atoms with Crippen LogP contribution in [-0.4, -0.2) is 22.1 Å². The number of nitrogens with zero attached hydrogens (tertiary/aromatic N) is 1. The van der Waals surface area contributed by atoms with Crippen LogP contribution in [0, 0.1) is 5.92 Å². The number of hydrogen-bond donors (Lipinski definition) is 3. The third kappa shape index (κ3) is 5.24. The van der Waals surface area contributed by atoms with Gasteiger partial charge < -0.3 is 20.2 Å². The molecule has 160 valence electrons. The fourth-order valence-electron chi connectivity index (χ4n) is 3.77. The van der Waals surface area contributed by atoms with E-state index in [1.54, 1.807) is 42.6 Å². The normalized spacial score (nSPS) is 18.4. The molecular weight excluding hydrogens is 418 g/mol. The van der Waals surface area contributed by atoms with Crippen LogP contribution < -0.4 is 10.6 Å². The predicted octanol–water partition coefficient (Wildman–Crippen LogP) is 6.00. The van der Waals surface area contributed by atoms with Gasteiger partial charge in [-0.15, -0.1) is 0 Å². The topological polar surface area (TPSA) is 104 Å². The molecule has 0 saturated heterocycles. The first-order valence-corrected chi connectivity index (χ1v) is 10.5. The van der Waals surface area contributed by atoms with Crippen LogP contribution >= 0.6 is 11.6 Å². The molecular formula is C23H22ClN3O4. The van der Waals surface area contributed by atoms with Gasteiger partial charge in [0.1, 0.15) is 0 Å². The summed E-state index contributed by atoms with van der Waals surface area (Å²) in [5, 5.41) is 15.2. The van der Waals surface area contributed by atoms with Crippen molar-refractivity contribution in [3.8, 4) is 11.3 Å². The van der Waals surface area contributed by atoms with E-state index in [9.17, 15) is 9.59 Å². The number of nitrogens with one attached hydrogen (secondary N) is 2. The average molecular weight is 440 g/mol. The van der Waals surface area contributed by atoms with Gasteiger partial charge in [-0.05, 0) is 68.1 Å². The quantitative estimate of drug-likeness (QED) is 0.452. The van der Waals surface area contributed by atoms with Crippen molar-refractivity contribution in [1.82, 2.24) is 4.98 Å². The molecule has 31 heavy (non-hydrogen) atoms. The number of amides is 2. The maximum atomic E-state index is 12.2. The van der Waals surface area contributed by atoms with Crippen molar-refractivity contribution in [3.05, 3.63) is 65.6 Å². The number of aliphatic carboxylic acids is 1. The summed E-state index contributed by atoms with van der Waals surface area (Å²) in [7, 11) is 0. The third-order valence-corrected chi connectivity index (χ3v) is 5.69. The van der Waals surface area contributed by atoms with Crippen molar-refractivity contribution in [2.24, 2.45) is 5.92 Å². The Bertz CT molecular complexity index is 1070. The number of halogens is 1. The lowest BCUT2D eigenvalue weighted by atomic mass is 9.82. The Labute approximate surface area is 184 Å². The van der Waals surface area contributed by atoms with Gasteiger partial charge in [0, 0.05) is 27.9 Å². The van der Waals surface area contributed by atoms with Crippen molar-refractivity contribution in [3.63, 3.8) is 0 Å². The second kappa shape index (κ2) is 9.22. The number of oxazole rings is 1. The SMILES string of the molecule is O=C(Nc1ccc(-c2cnc(C3CCC(C(=O)O)CC3)o2)cc1)Nc1cccc(Cl)c1. The molecule has 2 amide bonds. The molecule has 0 unspecified atom stereocenters. The van der Waals surface area contributed by atoms with Crippen LogP contribution in [0.25, 0.3) is 11.3 Å². The number of carbonyl (C=O) groups is 2. The molecule has 1 aliphatic carbocycles. The van der Waals surface area contributed by atoms with Gasteiger partial charge in [0.15, 0.2) is 11.7 Å². The zero-order chi connectivity index (χ0) is 21.8. The van der Waals surface area contributed by atoms with Crippen LogP contribution in [0.4, 0.5) is 16.2 Å². The fraction of sp³-hybridized carbons (Fsp3) is 0.261. The molecule has 4 rings (SSSR count). The van der Waals surface area contributed by atoms with E-state index in [4.69, 9.17) is 21.1 Å². The van der Waals surface area contributed by atoms with Crippen LogP contribution in [0.1, 0.15) is 37.5 Å². The highest BCUT2D eigenvalue weighted by Crippen LogP contribution is 2.36. The van der Waals surface area contributed by atoms with E-state index in [2.05, 4.69) is 15.6 Å². The van der Waals surface area contributed by atoms with Gasteiger partial charge in [0.05, 0.1) is 12.1 Å². The van der Waals surface area contributed by atoms with Crippen molar-refractivity contribution in [2.75, 3.05) is 10.6 Å². The zero-order valence-electron chi connectivity index (χ0n) is 16.7. The minimum atomic E-state index is -0.721. The highest BCUT2D eigenvalue weighted by molar-refractivity contribution is 6.30. The first kappa shape index (κ1) is 20.9. The average Bonchev–Trinajstić information content (AvgIpc) is 3.24. The summed E-state index contributed by atoms with van der Waals surface area (Å²) in [6.45, 7) is 0. The Hall–Kier alpha value is -3.32. The molecule has 0 spiro atoms. The lowest BCUT2D eigenvalue weighted by Gasteiger charge is -2.23. The third-order valence-electron chi connectivity index (χ3n) is 5.46. The maximum absolute atomic E-state index is 12.2. The van der Waals surface area contributed by atoms with Crippen LogP contribution in [0.2, 0.25) is 5.02 Å². The van der Waals surface area contributed by atoms with Crippen molar-refractivity contribution >= 4 is 35.0 Å². The van der Waals surface area contributed by atoms with Gasteiger partial charge in [-0.25, -0.2) is 9.78 Å². The second-order valence-corrected chi connectivity index (χ2v) is 8.05. The molecule has 0 radical (unpaired) electrons. The van der Waals surface area contributed by atoms with Gasteiger partial charge in [0.2, 0.25) is 0 Å². The molecule has 2 aromatic carbocycles. The molecule has 3 aromatic rings. The molecule has 0 bridgehead atoms. The number of hydrogen-bond acceptors (Lipinski definition) is 4. The molecule has 3 N–H and O–H groups in total. The van der Waals surface area contributed by atoms with Crippen LogP contribution in [0.5, 0.6) is 0 Å². The number of benzene rings is 2. The molecule has 1 aliphatic rings. The molecule has 0 aliphatic heterocycles. The molecule has 1 fully saturated rings. The standard InChI is InChI=1S/C23H22ClN3O4/c24-17-2-1-3-19(12-17)27-23(30)26-18-10-8-14(9-11-18)20-13-25-21(31-20)15-4-6-16(7-5-15)22(28)29/h1-3,8-13,15-16H,4-7H2,(H,28,29)(H2,26,27,30). The van der Waals surface area contributed by atoms with Gasteiger partial charge >= 0.3 is 12.0 Å². The molecule has 0 atom stereocenters. The number of rotatable bonds is 5. The van der Waals surface area contributed by atoms with E-state index in [0.29, 0.717) is 40.9 Å². The van der Waals surface area contributed by atoms with Gasteiger partial charge in [-0.1, -0.05) is 17.7 Å². The van der Waals surface area contributed by atoms with Crippen LogP contribution in [-0.2, 0) is 4.79 Å². The zero-order valence-corrected chi connectivity index (χ0v) is 17.4. The van der Waals surface area contributed by atoms with E-state index in [1.807, 2.05) is 12.1 Å². The highest BCUT2D eigenvalue weighted by atomic mass is 35.5. The maximum Gasteiger partial charge on any atom is 0.323 e.